The van der Waals surface area contributed by atoms with Gasteiger partial charge >= 0.3 is 0 Å². The molecule has 1 atom stereocenters. The van der Waals surface area contributed by atoms with Gasteiger partial charge in [-0.1, -0.05) is 22.0 Å². The van der Waals surface area contributed by atoms with Crippen LogP contribution in [0, 0.1) is 0 Å². The third kappa shape index (κ3) is 2.73. The van der Waals surface area contributed by atoms with Crippen molar-refractivity contribution < 1.29 is 0 Å². The van der Waals surface area contributed by atoms with E-state index in [0.29, 0.717) is 0 Å². The quantitative estimate of drug-likeness (QED) is 0.910. The van der Waals surface area contributed by atoms with Gasteiger partial charge in [0.2, 0.25) is 0 Å². The second-order valence-electron chi connectivity index (χ2n) is 4.09. The minimum atomic E-state index is 0.0951. The van der Waals surface area contributed by atoms with Crippen LogP contribution in [-0.4, -0.2) is 24.6 Å². The van der Waals surface area contributed by atoms with Crippen molar-refractivity contribution in [3.05, 3.63) is 28.2 Å². The highest BCUT2D eigenvalue weighted by atomic mass is 79.9. The van der Waals surface area contributed by atoms with E-state index in [1.54, 1.807) is 0 Å². The molecule has 2 rings (SSSR count). The molecule has 4 heteroatoms. The molecule has 0 aromatic heterocycles. The van der Waals surface area contributed by atoms with Crippen LogP contribution in [0.5, 0.6) is 0 Å². The first-order valence-electron chi connectivity index (χ1n) is 5.56. The zero-order chi connectivity index (χ0) is 11.5. The van der Waals surface area contributed by atoms with E-state index in [1.165, 1.54) is 22.8 Å². The van der Waals surface area contributed by atoms with Crippen LogP contribution >= 0.6 is 27.7 Å². The Morgan fingerprint density at radius 1 is 1.38 bits per heavy atom. The maximum absolute atomic E-state index is 6.02. The summed E-state index contributed by atoms with van der Waals surface area (Å²) in [5.41, 5.74) is 8.57. The van der Waals surface area contributed by atoms with E-state index in [2.05, 4.69) is 39.0 Å². The first-order valence-corrected chi connectivity index (χ1v) is 7.51. The molecule has 0 aliphatic carbocycles. The molecule has 1 aliphatic heterocycles. The third-order valence-electron chi connectivity index (χ3n) is 2.83. The highest BCUT2D eigenvalue weighted by Crippen LogP contribution is 2.30. The Bertz CT molecular complexity index is 362. The number of hydrogen-bond donors (Lipinski definition) is 1. The largest absolute Gasteiger partial charge is 0.370 e. The van der Waals surface area contributed by atoms with Crippen molar-refractivity contribution in [3.63, 3.8) is 0 Å². The van der Waals surface area contributed by atoms with Crippen molar-refractivity contribution in [2.24, 2.45) is 5.73 Å². The van der Waals surface area contributed by atoms with Gasteiger partial charge in [-0.25, -0.2) is 0 Å². The zero-order valence-corrected chi connectivity index (χ0v) is 11.9. The normalized spacial score (nSPS) is 18.6. The standard InChI is InChI=1S/C12H17BrN2S/c1-9(14)11-3-2-10(13)8-12(11)15-4-6-16-7-5-15/h2-3,8-9H,4-7,14H2,1H3. The number of nitrogens with two attached hydrogens (primary N) is 1. The Morgan fingerprint density at radius 3 is 2.69 bits per heavy atom. The Balaban J connectivity index is 2.32. The van der Waals surface area contributed by atoms with Gasteiger partial charge in [-0.15, -0.1) is 0 Å². The summed E-state index contributed by atoms with van der Waals surface area (Å²) < 4.78 is 1.13. The molecule has 1 unspecified atom stereocenters. The molecule has 1 saturated heterocycles. The van der Waals surface area contributed by atoms with E-state index in [4.69, 9.17) is 5.73 Å². The lowest BCUT2D eigenvalue weighted by Gasteiger charge is -2.31. The summed E-state index contributed by atoms with van der Waals surface area (Å²) in [6.07, 6.45) is 0. The Kier molecular flexibility index (Phi) is 4.16. The van der Waals surface area contributed by atoms with Crippen molar-refractivity contribution in [1.82, 2.24) is 0 Å². The summed E-state index contributed by atoms with van der Waals surface area (Å²) in [7, 11) is 0. The molecule has 1 aromatic rings. The maximum Gasteiger partial charge on any atom is 0.0426 e. The van der Waals surface area contributed by atoms with Crippen molar-refractivity contribution in [1.29, 1.82) is 0 Å². The highest BCUT2D eigenvalue weighted by Gasteiger charge is 2.16. The number of halogens is 1. The van der Waals surface area contributed by atoms with Crippen LogP contribution in [0.25, 0.3) is 0 Å². The predicted octanol–water partition coefficient (Wildman–Crippen LogP) is 3.02. The number of hydrogen-bond acceptors (Lipinski definition) is 3. The summed E-state index contributed by atoms with van der Waals surface area (Å²) in [4.78, 5) is 2.44. The molecule has 2 N–H and O–H groups in total. The average Bonchev–Trinajstić information content (AvgIpc) is 2.29. The van der Waals surface area contributed by atoms with Crippen LogP contribution < -0.4 is 10.6 Å². The number of benzene rings is 1. The fourth-order valence-corrected chi connectivity index (χ4v) is 3.23. The minimum Gasteiger partial charge on any atom is -0.370 e. The molecule has 0 amide bonds. The van der Waals surface area contributed by atoms with Gasteiger partial charge in [0.15, 0.2) is 0 Å². The van der Waals surface area contributed by atoms with Crippen molar-refractivity contribution in [2.45, 2.75) is 13.0 Å². The zero-order valence-electron chi connectivity index (χ0n) is 9.45. The monoisotopic (exact) mass is 300 g/mol. The molecule has 0 saturated carbocycles. The molecule has 0 radical (unpaired) electrons. The second kappa shape index (κ2) is 5.43. The van der Waals surface area contributed by atoms with Crippen molar-refractivity contribution in [3.8, 4) is 0 Å². The molecule has 88 valence electrons. The van der Waals surface area contributed by atoms with Crippen LogP contribution in [0.4, 0.5) is 5.69 Å². The summed E-state index contributed by atoms with van der Waals surface area (Å²) in [5.74, 6) is 2.43. The molecule has 2 nitrogen and oxygen atoms in total. The summed E-state index contributed by atoms with van der Waals surface area (Å²) in [6.45, 7) is 4.30. The molecule has 1 fully saturated rings. The summed E-state index contributed by atoms with van der Waals surface area (Å²) in [6, 6.07) is 6.49. The SMILES string of the molecule is CC(N)c1ccc(Br)cc1N1CCSCC1. The van der Waals surface area contributed by atoms with E-state index in [9.17, 15) is 0 Å². The topological polar surface area (TPSA) is 29.3 Å². The van der Waals surface area contributed by atoms with E-state index >= 15 is 0 Å². The summed E-state index contributed by atoms with van der Waals surface area (Å²) in [5, 5.41) is 0. The van der Waals surface area contributed by atoms with Crippen LogP contribution in [0.2, 0.25) is 0 Å². The van der Waals surface area contributed by atoms with Gasteiger partial charge in [-0.2, -0.15) is 11.8 Å². The van der Waals surface area contributed by atoms with Gasteiger partial charge in [-0.05, 0) is 24.6 Å². The van der Waals surface area contributed by atoms with Crippen LogP contribution in [0.1, 0.15) is 18.5 Å². The summed E-state index contributed by atoms with van der Waals surface area (Å²) >= 11 is 5.57. The van der Waals surface area contributed by atoms with E-state index < -0.39 is 0 Å². The van der Waals surface area contributed by atoms with Crippen molar-refractivity contribution >= 4 is 33.4 Å². The van der Waals surface area contributed by atoms with Gasteiger partial charge < -0.3 is 10.6 Å². The second-order valence-corrected chi connectivity index (χ2v) is 6.23. The number of anilines is 1. The van der Waals surface area contributed by atoms with E-state index in [-0.39, 0.29) is 6.04 Å². The Morgan fingerprint density at radius 2 is 2.06 bits per heavy atom. The maximum atomic E-state index is 6.02. The lowest BCUT2D eigenvalue weighted by Crippen LogP contribution is -2.33. The number of rotatable bonds is 2. The predicted molar refractivity (Wildman–Crippen MR) is 76.3 cm³/mol. The van der Waals surface area contributed by atoms with Gasteiger partial charge in [-0.3, -0.25) is 0 Å². The van der Waals surface area contributed by atoms with Crippen LogP contribution in [-0.2, 0) is 0 Å². The molecular formula is C12H17BrN2S. The highest BCUT2D eigenvalue weighted by molar-refractivity contribution is 9.10. The number of thioether (sulfide) groups is 1. The van der Waals surface area contributed by atoms with Gasteiger partial charge in [0, 0.05) is 40.8 Å². The van der Waals surface area contributed by atoms with Gasteiger partial charge in [0.25, 0.3) is 0 Å². The van der Waals surface area contributed by atoms with Gasteiger partial charge in [0.1, 0.15) is 0 Å². The molecule has 1 aromatic carbocycles. The molecule has 0 bridgehead atoms. The van der Waals surface area contributed by atoms with E-state index in [0.717, 1.165) is 17.6 Å². The first-order chi connectivity index (χ1) is 7.68. The molecule has 0 spiro atoms. The lowest BCUT2D eigenvalue weighted by molar-refractivity contribution is 0.788. The Labute approximate surface area is 110 Å². The fraction of sp³-hybridized carbons (Fsp3) is 0.500. The molecule has 1 aliphatic rings. The van der Waals surface area contributed by atoms with Crippen molar-refractivity contribution in [2.75, 3.05) is 29.5 Å². The van der Waals surface area contributed by atoms with Crippen LogP contribution in [0.3, 0.4) is 0 Å². The molecular weight excluding hydrogens is 284 g/mol. The Hall–Kier alpha value is -0.190. The van der Waals surface area contributed by atoms with Gasteiger partial charge in [0.05, 0.1) is 0 Å². The van der Waals surface area contributed by atoms with Crippen LogP contribution in [0.15, 0.2) is 22.7 Å². The molecule has 1 heterocycles. The smallest absolute Gasteiger partial charge is 0.0426 e. The van der Waals surface area contributed by atoms with E-state index in [1.807, 2.05) is 18.7 Å². The minimum absolute atomic E-state index is 0.0951. The third-order valence-corrected chi connectivity index (χ3v) is 4.27. The lowest BCUT2D eigenvalue weighted by atomic mass is 10.1. The molecule has 16 heavy (non-hydrogen) atoms. The fourth-order valence-electron chi connectivity index (χ4n) is 1.98. The average molecular weight is 301 g/mol. The number of nitrogens with zero attached hydrogens (tertiary/aromatic N) is 1. The first kappa shape index (κ1) is 12.3.